The van der Waals surface area contributed by atoms with Crippen molar-refractivity contribution in [3.8, 4) is 6.07 Å². The van der Waals surface area contributed by atoms with Crippen LogP contribution in [0.5, 0.6) is 0 Å². The smallest absolute Gasteiger partial charge is 0.242 e. The highest BCUT2D eigenvalue weighted by Gasteiger charge is 2.56. The second-order valence-corrected chi connectivity index (χ2v) is 11.0. The van der Waals surface area contributed by atoms with Crippen LogP contribution in [0, 0.1) is 17.2 Å². The molecule has 7 atom stereocenters. The first-order valence-corrected chi connectivity index (χ1v) is 13.1. The van der Waals surface area contributed by atoms with Crippen LogP contribution in [0.3, 0.4) is 0 Å². The number of nitrogens with zero attached hydrogens (tertiary/aromatic N) is 4. The zero-order chi connectivity index (χ0) is 24.3. The predicted octanol–water partition coefficient (Wildman–Crippen LogP) is 0.889. The van der Waals surface area contributed by atoms with Gasteiger partial charge >= 0.3 is 0 Å². The number of nitrogens with one attached hydrogen (secondary N) is 1. The van der Waals surface area contributed by atoms with Gasteiger partial charge in [-0.1, -0.05) is 6.07 Å². The minimum absolute atomic E-state index is 0.0891. The highest BCUT2D eigenvalue weighted by Crippen LogP contribution is 2.48. The lowest BCUT2D eigenvalue weighted by atomic mass is 10.1. The fraction of sp³-hybridized carbons (Fsp3) is 0.625. The third kappa shape index (κ3) is 3.93. The van der Waals surface area contributed by atoms with Crippen LogP contribution in [0.25, 0.3) is 0 Å². The zero-order valence-electron chi connectivity index (χ0n) is 19.6. The number of likely N-dealkylation sites (tertiary alicyclic amines) is 3. The van der Waals surface area contributed by atoms with Crippen LogP contribution in [-0.2, 0) is 25.3 Å². The Labute approximate surface area is 208 Å². The summed E-state index contributed by atoms with van der Waals surface area (Å²) in [6.45, 7) is 1.10. The van der Waals surface area contributed by atoms with Gasteiger partial charge in [-0.3, -0.25) is 14.5 Å². The molecular weight excluding hydrogens is 468 g/mol. The molecule has 0 spiro atoms. The summed E-state index contributed by atoms with van der Waals surface area (Å²) < 4.78 is 5.01. The fourth-order valence-corrected chi connectivity index (χ4v) is 7.21. The number of nitrogens with two attached hydrogens (primary N) is 1. The van der Waals surface area contributed by atoms with Crippen molar-refractivity contribution in [1.29, 1.82) is 5.26 Å². The number of piperidine rings is 1. The number of benzene rings is 1. The van der Waals surface area contributed by atoms with E-state index in [0.717, 1.165) is 55.6 Å². The minimum atomic E-state index is -0.706. The maximum atomic E-state index is 13.4. The number of amides is 2. The van der Waals surface area contributed by atoms with Gasteiger partial charge in [0.15, 0.2) is 0 Å². The van der Waals surface area contributed by atoms with Crippen molar-refractivity contribution >= 4 is 23.9 Å². The molecule has 6 rings (SSSR count). The van der Waals surface area contributed by atoms with Crippen LogP contribution in [0.15, 0.2) is 23.1 Å². The molecular formula is C24H30N6O4S. The average molecular weight is 499 g/mol. The average Bonchev–Trinajstić information content (AvgIpc) is 3.18. The first-order valence-electron chi connectivity index (χ1n) is 12.3. The topological polar surface area (TPSA) is 124 Å². The third-order valence-corrected chi connectivity index (χ3v) is 8.90. The lowest BCUT2D eigenvalue weighted by Crippen LogP contribution is -2.57. The van der Waals surface area contributed by atoms with Crippen molar-refractivity contribution in [1.82, 2.24) is 20.2 Å². The maximum Gasteiger partial charge on any atom is 0.242 e. The van der Waals surface area contributed by atoms with E-state index in [1.165, 1.54) is 11.1 Å². The Morgan fingerprint density at radius 3 is 2.97 bits per heavy atom. The number of hydroxylamine groups is 1. The van der Waals surface area contributed by atoms with Crippen LogP contribution in [-0.4, -0.2) is 76.9 Å². The maximum absolute atomic E-state index is 13.4. The van der Waals surface area contributed by atoms with Crippen LogP contribution in [0.1, 0.15) is 42.9 Å². The molecule has 3 aliphatic heterocycles. The van der Waals surface area contributed by atoms with E-state index < -0.39 is 6.04 Å². The number of hydrogen-bond donors (Lipinski definition) is 2. The number of fused-ring (bicyclic) bond motifs is 4. The summed E-state index contributed by atoms with van der Waals surface area (Å²) in [4.78, 5) is 38.0. The number of nitriles is 1. The molecule has 2 aliphatic carbocycles. The molecule has 186 valence electrons. The van der Waals surface area contributed by atoms with E-state index in [4.69, 9.17) is 15.1 Å². The number of rotatable bonds is 8. The molecule has 11 heteroatoms. The van der Waals surface area contributed by atoms with Crippen LogP contribution >= 0.6 is 12.0 Å². The predicted molar refractivity (Wildman–Crippen MR) is 126 cm³/mol. The van der Waals surface area contributed by atoms with Gasteiger partial charge in [0.25, 0.3) is 0 Å². The second-order valence-electron chi connectivity index (χ2n) is 10.3. The minimum Gasteiger partial charge on any atom is -0.330 e. The molecule has 0 radical (unpaired) electrons. The summed E-state index contributed by atoms with van der Waals surface area (Å²) in [5.41, 5.74) is 11.2. The van der Waals surface area contributed by atoms with Crippen LogP contribution in [0.2, 0.25) is 0 Å². The Kier molecular flexibility index (Phi) is 5.99. The summed E-state index contributed by atoms with van der Waals surface area (Å²) in [5, 5.41) is 9.42. The van der Waals surface area contributed by atoms with Gasteiger partial charge in [-0.2, -0.15) is 10.7 Å². The van der Waals surface area contributed by atoms with Crippen molar-refractivity contribution < 1.29 is 18.9 Å². The molecule has 35 heavy (non-hydrogen) atoms. The lowest BCUT2D eigenvalue weighted by Gasteiger charge is -2.38. The Hall–Kier alpha value is -2.20. The molecule has 4 fully saturated rings. The van der Waals surface area contributed by atoms with Crippen molar-refractivity contribution in [2.24, 2.45) is 11.7 Å². The zero-order valence-corrected chi connectivity index (χ0v) is 20.4. The first-order chi connectivity index (χ1) is 17.0. The van der Waals surface area contributed by atoms with Gasteiger partial charge in [0.1, 0.15) is 6.04 Å². The van der Waals surface area contributed by atoms with Crippen molar-refractivity contribution in [3.05, 3.63) is 29.3 Å². The van der Waals surface area contributed by atoms with E-state index in [2.05, 4.69) is 33.5 Å². The highest BCUT2D eigenvalue weighted by atomic mass is 32.2. The Morgan fingerprint density at radius 2 is 2.20 bits per heavy atom. The van der Waals surface area contributed by atoms with Gasteiger partial charge < -0.3 is 15.5 Å². The molecule has 3 N–H and O–H groups in total. The lowest BCUT2D eigenvalue weighted by molar-refractivity contribution is -0.237. The molecule has 3 heterocycles. The summed E-state index contributed by atoms with van der Waals surface area (Å²) in [6.07, 6.45) is 4.37. The van der Waals surface area contributed by atoms with E-state index in [-0.39, 0.29) is 42.0 Å². The number of carbonyl (C=O) groups excluding carboxylic acids is 2. The summed E-state index contributed by atoms with van der Waals surface area (Å²) in [5.74, 6) is 0.462. The molecule has 2 bridgehead atoms. The molecule has 1 saturated carbocycles. The normalized spacial score (nSPS) is 33.7. The monoisotopic (exact) mass is 498 g/mol. The van der Waals surface area contributed by atoms with Gasteiger partial charge in [0, 0.05) is 37.1 Å². The SMILES string of the molecule is CNOOSc1ccc2c(c1)CC[C@@H]2N1C(=O)[C@@H]2C[C@H]1CN2C[C@H](N)C(=O)N1C2C[C@H]2C[C@H]1C#N. The molecule has 1 aromatic carbocycles. The van der Waals surface area contributed by atoms with Gasteiger partial charge in [0.2, 0.25) is 11.8 Å². The summed E-state index contributed by atoms with van der Waals surface area (Å²) in [6, 6.07) is 7.59. The standard InChI is InChI=1S/C24H30N6O4S/c1-27-33-34-35-17-3-4-18-13(7-17)2-5-20(18)30-16-9-22(24(30)32)28(11-16)12-19(26)23(31)29-15(10-25)6-14-8-21(14)29/h3-4,7,14-16,19-22,27H,2,5-6,8-9,11-12,26H2,1H3/t14-,15+,16+,19+,20+,21?,22+/m1/s1. The molecule has 1 aromatic rings. The van der Waals surface area contributed by atoms with Gasteiger partial charge in [-0.05, 0) is 61.3 Å². The van der Waals surface area contributed by atoms with Gasteiger partial charge in [-0.25, -0.2) is 0 Å². The van der Waals surface area contributed by atoms with Crippen molar-refractivity contribution in [2.45, 2.75) is 73.3 Å². The third-order valence-electron chi connectivity index (χ3n) is 8.31. The van der Waals surface area contributed by atoms with Gasteiger partial charge in [0.05, 0.1) is 36.2 Å². The molecule has 0 aromatic heterocycles. The molecule has 1 unspecified atom stereocenters. The highest BCUT2D eigenvalue weighted by molar-refractivity contribution is 7.94. The van der Waals surface area contributed by atoms with E-state index in [1.54, 1.807) is 11.9 Å². The van der Waals surface area contributed by atoms with E-state index >= 15 is 0 Å². The summed E-state index contributed by atoms with van der Waals surface area (Å²) in [7, 11) is 1.63. The molecule has 10 nitrogen and oxygen atoms in total. The van der Waals surface area contributed by atoms with Crippen LogP contribution < -0.4 is 11.2 Å². The molecule has 2 amide bonds. The Bertz CT molecular complexity index is 1080. The first kappa shape index (κ1) is 23.2. The van der Waals surface area contributed by atoms with E-state index in [9.17, 15) is 14.9 Å². The van der Waals surface area contributed by atoms with Gasteiger partial charge in [-0.15, -0.1) is 9.32 Å². The Morgan fingerprint density at radius 1 is 1.34 bits per heavy atom. The van der Waals surface area contributed by atoms with Crippen molar-refractivity contribution in [2.75, 3.05) is 20.1 Å². The molecule has 3 saturated heterocycles. The number of carbonyl (C=O) groups is 2. The van der Waals surface area contributed by atoms with Crippen molar-refractivity contribution in [3.63, 3.8) is 0 Å². The quantitative estimate of drug-likeness (QED) is 0.233. The summed E-state index contributed by atoms with van der Waals surface area (Å²) >= 11 is 1.15. The van der Waals surface area contributed by atoms with E-state index in [1.807, 2.05) is 6.07 Å². The number of piperazine rings is 1. The van der Waals surface area contributed by atoms with Crippen LogP contribution in [0.4, 0.5) is 0 Å². The van der Waals surface area contributed by atoms with E-state index in [0.29, 0.717) is 12.5 Å². The second kappa shape index (κ2) is 9.03. The fourth-order valence-electron chi connectivity index (χ4n) is 6.71. The Balaban J connectivity index is 1.09. The number of aryl methyl sites for hydroxylation is 1. The molecule has 5 aliphatic rings. The number of hydrogen-bond acceptors (Lipinski definition) is 9. The largest absolute Gasteiger partial charge is 0.330 e.